The Kier molecular flexibility index (Phi) is 17.4. The number of nitrogens with zero attached hydrogens (tertiary/aromatic N) is 1. The number of hydrogen-bond donors (Lipinski definition) is 2. The van der Waals surface area contributed by atoms with Crippen LogP contribution < -0.4 is 10.6 Å². The molecule has 0 saturated carbocycles. The number of rotatable bonds is 12. The van der Waals surface area contributed by atoms with E-state index < -0.39 is 9.84 Å². The lowest BCUT2D eigenvalue weighted by Gasteiger charge is -2.11. The number of aliphatic imine (C=N–C) groups is 1. The summed E-state index contributed by atoms with van der Waals surface area (Å²) in [5.41, 5.74) is 0. The molecule has 0 unspecified atom stereocenters. The van der Waals surface area contributed by atoms with E-state index >= 15 is 0 Å². The normalized spacial score (nSPS) is 11.9. The van der Waals surface area contributed by atoms with E-state index in [4.69, 9.17) is 0 Å². The Labute approximate surface area is 154 Å². The van der Waals surface area contributed by atoms with Crippen LogP contribution in [0.15, 0.2) is 4.99 Å². The largest absolute Gasteiger partial charge is 0.356 e. The second-order valence-electron chi connectivity index (χ2n) is 5.53. The lowest BCUT2D eigenvalue weighted by Crippen LogP contribution is -2.38. The number of sulfone groups is 1. The fourth-order valence-electron chi connectivity index (χ4n) is 2.05. The van der Waals surface area contributed by atoms with E-state index in [9.17, 15) is 8.42 Å². The molecule has 0 radical (unpaired) electrons. The van der Waals surface area contributed by atoms with Gasteiger partial charge in [0.1, 0.15) is 9.84 Å². The third-order valence-corrected chi connectivity index (χ3v) is 4.31. The van der Waals surface area contributed by atoms with Crippen LogP contribution in [0.25, 0.3) is 0 Å². The zero-order valence-electron chi connectivity index (χ0n) is 14.4. The van der Waals surface area contributed by atoms with Gasteiger partial charge in [0.05, 0.1) is 5.75 Å². The van der Waals surface area contributed by atoms with Crippen molar-refractivity contribution in [3.63, 3.8) is 0 Å². The van der Waals surface area contributed by atoms with Crippen LogP contribution in [0, 0.1) is 0 Å². The van der Waals surface area contributed by atoms with Gasteiger partial charge in [-0.25, -0.2) is 8.42 Å². The van der Waals surface area contributed by atoms with Crippen molar-refractivity contribution in [3.05, 3.63) is 0 Å². The van der Waals surface area contributed by atoms with E-state index in [2.05, 4.69) is 22.5 Å². The van der Waals surface area contributed by atoms with Crippen LogP contribution in [0.4, 0.5) is 0 Å². The highest BCUT2D eigenvalue weighted by atomic mass is 127. The molecule has 7 heteroatoms. The summed E-state index contributed by atoms with van der Waals surface area (Å²) in [5, 5.41) is 6.39. The first-order valence-corrected chi connectivity index (χ1v) is 10.2. The fraction of sp³-hybridized carbons (Fsp3) is 0.933. The summed E-state index contributed by atoms with van der Waals surface area (Å²) in [7, 11) is -1.13. The SMILES string of the molecule is CCCCCCCCCNC(=NC)NCCCS(C)(=O)=O.I. The molecule has 0 aliphatic rings. The molecule has 0 aromatic rings. The molecule has 0 atom stereocenters. The summed E-state index contributed by atoms with van der Waals surface area (Å²) in [6, 6.07) is 0. The van der Waals surface area contributed by atoms with Gasteiger partial charge >= 0.3 is 0 Å². The fourth-order valence-corrected chi connectivity index (χ4v) is 2.72. The van der Waals surface area contributed by atoms with Crippen LogP contribution in [0.1, 0.15) is 58.3 Å². The molecule has 0 aliphatic heterocycles. The summed E-state index contributed by atoms with van der Waals surface area (Å²) in [6.07, 6.45) is 10.9. The third kappa shape index (κ3) is 18.0. The van der Waals surface area contributed by atoms with Gasteiger partial charge in [-0.3, -0.25) is 4.99 Å². The van der Waals surface area contributed by atoms with E-state index in [0.29, 0.717) is 13.0 Å². The van der Waals surface area contributed by atoms with Gasteiger partial charge in [0.15, 0.2) is 5.96 Å². The summed E-state index contributed by atoms with van der Waals surface area (Å²) >= 11 is 0. The Morgan fingerprint density at radius 1 is 0.909 bits per heavy atom. The van der Waals surface area contributed by atoms with Crippen molar-refractivity contribution in [2.75, 3.05) is 32.1 Å². The molecule has 5 nitrogen and oxygen atoms in total. The Hall–Kier alpha value is -0.0500. The number of guanidine groups is 1. The van der Waals surface area contributed by atoms with Crippen molar-refractivity contribution in [1.29, 1.82) is 0 Å². The second kappa shape index (κ2) is 15.8. The summed E-state index contributed by atoms with van der Waals surface area (Å²) < 4.78 is 22.0. The average molecular weight is 447 g/mol. The van der Waals surface area contributed by atoms with E-state index in [-0.39, 0.29) is 29.7 Å². The molecule has 134 valence electrons. The summed E-state index contributed by atoms with van der Waals surface area (Å²) in [4.78, 5) is 4.13. The van der Waals surface area contributed by atoms with Gasteiger partial charge in [0, 0.05) is 26.4 Å². The average Bonchev–Trinajstić information content (AvgIpc) is 2.43. The standard InChI is InChI=1S/C15H33N3O2S.HI/c1-4-5-6-7-8-9-10-12-17-15(16-2)18-13-11-14-21(3,19)20;/h4-14H2,1-3H3,(H2,16,17,18);1H. The van der Waals surface area contributed by atoms with Gasteiger partial charge in [-0.2, -0.15) is 0 Å². The highest BCUT2D eigenvalue weighted by molar-refractivity contribution is 14.0. The van der Waals surface area contributed by atoms with Gasteiger partial charge < -0.3 is 10.6 Å². The van der Waals surface area contributed by atoms with E-state index in [1.807, 2.05) is 0 Å². The predicted octanol–water partition coefficient (Wildman–Crippen LogP) is 2.95. The van der Waals surface area contributed by atoms with Gasteiger partial charge in [-0.1, -0.05) is 45.4 Å². The second-order valence-corrected chi connectivity index (χ2v) is 7.79. The van der Waals surface area contributed by atoms with Crippen molar-refractivity contribution in [3.8, 4) is 0 Å². The molecule has 0 fully saturated rings. The molecule has 22 heavy (non-hydrogen) atoms. The van der Waals surface area contributed by atoms with E-state index in [0.717, 1.165) is 18.9 Å². The zero-order chi connectivity index (χ0) is 16.0. The van der Waals surface area contributed by atoms with Crippen LogP contribution in [0.5, 0.6) is 0 Å². The maximum absolute atomic E-state index is 11.0. The molecular formula is C15H34IN3O2S. The molecule has 0 saturated heterocycles. The predicted molar refractivity (Wildman–Crippen MR) is 107 cm³/mol. The lowest BCUT2D eigenvalue weighted by molar-refractivity contribution is 0.583. The number of halogens is 1. The third-order valence-electron chi connectivity index (χ3n) is 3.28. The van der Waals surface area contributed by atoms with Gasteiger partial charge in [0.2, 0.25) is 0 Å². The van der Waals surface area contributed by atoms with Crippen molar-refractivity contribution in [2.24, 2.45) is 4.99 Å². The molecule has 0 bridgehead atoms. The molecule has 0 heterocycles. The van der Waals surface area contributed by atoms with Gasteiger partial charge in [0.25, 0.3) is 0 Å². The molecule has 2 N–H and O–H groups in total. The van der Waals surface area contributed by atoms with Gasteiger partial charge in [-0.15, -0.1) is 24.0 Å². The van der Waals surface area contributed by atoms with Gasteiger partial charge in [-0.05, 0) is 12.8 Å². The molecule has 0 aromatic heterocycles. The molecule has 0 aromatic carbocycles. The van der Waals surface area contributed by atoms with Crippen molar-refractivity contribution in [2.45, 2.75) is 58.3 Å². The summed E-state index contributed by atoms with van der Waals surface area (Å²) in [5.74, 6) is 0.976. The molecular weight excluding hydrogens is 413 g/mol. The molecule has 0 amide bonds. The quantitative estimate of drug-likeness (QED) is 0.209. The lowest BCUT2D eigenvalue weighted by atomic mass is 10.1. The van der Waals surface area contributed by atoms with Crippen LogP contribution in [0.2, 0.25) is 0 Å². The van der Waals surface area contributed by atoms with Crippen molar-refractivity contribution >= 4 is 39.8 Å². The molecule has 0 rings (SSSR count). The number of nitrogens with one attached hydrogen (secondary N) is 2. The highest BCUT2D eigenvalue weighted by Gasteiger charge is 2.02. The monoisotopic (exact) mass is 447 g/mol. The Morgan fingerprint density at radius 2 is 1.41 bits per heavy atom. The first-order chi connectivity index (χ1) is 9.99. The number of hydrogen-bond acceptors (Lipinski definition) is 3. The Bertz CT molecular complexity index is 373. The van der Waals surface area contributed by atoms with Crippen LogP contribution in [-0.4, -0.2) is 46.5 Å². The van der Waals surface area contributed by atoms with Crippen molar-refractivity contribution < 1.29 is 8.42 Å². The smallest absolute Gasteiger partial charge is 0.190 e. The Balaban J connectivity index is 0. The van der Waals surface area contributed by atoms with Crippen LogP contribution in [-0.2, 0) is 9.84 Å². The first kappa shape index (κ1) is 24.2. The maximum atomic E-state index is 11.0. The number of unbranched alkanes of at least 4 members (excludes halogenated alkanes) is 6. The Morgan fingerprint density at radius 3 is 1.91 bits per heavy atom. The topological polar surface area (TPSA) is 70.6 Å². The van der Waals surface area contributed by atoms with E-state index in [1.54, 1.807) is 7.05 Å². The van der Waals surface area contributed by atoms with E-state index in [1.165, 1.54) is 44.8 Å². The highest BCUT2D eigenvalue weighted by Crippen LogP contribution is 2.06. The minimum absolute atomic E-state index is 0. The minimum Gasteiger partial charge on any atom is -0.356 e. The molecule has 0 spiro atoms. The first-order valence-electron chi connectivity index (χ1n) is 8.12. The van der Waals surface area contributed by atoms with Crippen LogP contribution in [0.3, 0.4) is 0 Å². The maximum Gasteiger partial charge on any atom is 0.190 e. The zero-order valence-corrected chi connectivity index (χ0v) is 17.5. The van der Waals surface area contributed by atoms with Crippen molar-refractivity contribution in [1.82, 2.24) is 10.6 Å². The minimum atomic E-state index is -2.86. The summed E-state index contributed by atoms with van der Waals surface area (Å²) in [6.45, 7) is 3.78. The molecule has 0 aliphatic carbocycles. The van der Waals surface area contributed by atoms with Crippen LogP contribution >= 0.6 is 24.0 Å².